The monoisotopic (exact) mass is 499 g/mol. The summed E-state index contributed by atoms with van der Waals surface area (Å²) in [5.41, 5.74) is 12.6. The Hall–Kier alpha value is -3.15. The molecule has 5 rings (SSSR count). The van der Waals surface area contributed by atoms with Crippen LogP contribution in [0.1, 0.15) is 24.0 Å². The number of pyridine rings is 1. The van der Waals surface area contributed by atoms with Gasteiger partial charge in [0.15, 0.2) is 0 Å². The molecule has 2 heterocycles. The molecule has 0 saturated heterocycles. The molecule has 0 aliphatic carbocycles. The zero-order valence-electron chi connectivity index (χ0n) is 18.4. The number of rotatable bonds is 8. The number of aryl methyl sites for hydroxylation is 1. The van der Waals surface area contributed by atoms with Crippen molar-refractivity contribution in [2.24, 2.45) is 5.73 Å². The van der Waals surface area contributed by atoms with Gasteiger partial charge in [0.25, 0.3) is 0 Å². The second-order valence-corrected chi connectivity index (χ2v) is 9.05. The molecule has 0 aliphatic rings. The maximum absolute atomic E-state index is 6.13. The van der Waals surface area contributed by atoms with Gasteiger partial charge in [-0.2, -0.15) is 0 Å². The molecule has 0 spiro atoms. The summed E-state index contributed by atoms with van der Waals surface area (Å²) in [7, 11) is 0. The number of H-pyrrole nitrogens is 1. The Kier molecular flexibility index (Phi) is 6.42. The van der Waals surface area contributed by atoms with Crippen LogP contribution in [-0.2, 0) is 13.0 Å². The number of ether oxygens (including phenoxy) is 1. The second-order valence-electron chi connectivity index (χ2n) is 8.20. The molecule has 0 fully saturated rings. The van der Waals surface area contributed by atoms with E-state index in [0.29, 0.717) is 13.2 Å². The van der Waals surface area contributed by atoms with E-state index in [4.69, 9.17) is 15.5 Å². The van der Waals surface area contributed by atoms with E-state index in [1.807, 2.05) is 36.5 Å². The number of benzene rings is 3. The van der Waals surface area contributed by atoms with E-state index >= 15 is 0 Å². The first-order valence-electron chi connectivity index (χ1n) is 11.3. The third-order valence-corrected chi connectivity index (χ3v) is 6.68. The van der Waals surface area contributed by atoms with Crippen LogP contribution in [0, 0.1) is 0 Å². The van der Waals surface area contributed by atoms with E-state index in [1.165, 1.54) is 10.9 Å². The molecule has 0 bridgehead atoms. The maximum Gasteiger partial charge on any atom is 0.120 e. The Labute approximate surface area is 201 Å². The molecule has 33 heavy (non-hydrogen) atoms. The lowest BCUT2D eigenvalue weighted by atomic mass is 9.98. The van der Waals surface area contributed by atoms with Gasteiger partial charge in [-0.15, -0.1) is 0 Å². The van der Waals surface area contributed by atoms with Crippen LogP contribution in [0.2, 0.25) is 0 Å². The second kappa shape index (κ2) is 9.77. The summed E-state index contributed by atoms with van der Waals surface area (Å²) in [5.74, 6) is 0.871. The fourth-order valence-corrected chi connectivity index (χ4v) is 4.78. The average molecular weight is 500 g/mol. The molecule has 0 unspecified atom stereocenters. The van der Waals surface area contributed by atoms with Crippen LogP contribution in [0.5, 0.6) is 5.75 Å². The summed E-state index contributed by atoms with van der Waals surface area (Å²) in [6.07, 6.45) is 4.83. The SMILES string of the molecule is NCCCCc1c(-c2ccc(Br)c3cccnc23)[nH]c2ccc(OCc3ccccc3)cc12. The minimum Gasteiger partial charge on any atom is -0.489 e. The Morgan fingerprint density at radius 1 is 0.909 bits per heavy atom. The van der Waals surface area contributed by atoms with E-state index in [2.05, 4.69) is 63.4 Å². The van der Waals surface area contributed by atoms with Gasteiger partial charge in [-0.25, -0.2) is 0 Å². The Morgan fingerprint density at radius 3 is 2.64 bits per heavy atom. The highest BCUT2D eigenvalue weighted by atomic mass is 79.9. The molecule has 0 saturated carbocycles. The van der Waals surface area contributed by atoms with Gasteiger partial charge >= 0.3 is 0 Å². The first-order valence-corrected chi connectivity index (χ1v) is 12.1. The van der Waals surface area contributed by atoms with E-state index in [-0.39, 0.29) is 0 Å². The van der Waals surface area contributed by atoms with Crippen LogP contribution >= 0.6 is 15.9 Å². The van der Waals surface area contributed by atoms with E-state index in [9.17, 15) is 0 Å². The van der Waals surface area contributed by atoms with E-state index in [0.717, 1.165) is 62.7 Å². The highest BCUT2D eigenvalue weighted by Gasteiger charge is 2.17. The molecule has 0 atom stereocenters. The number of nitrogens with one attached hydrogen (secondary N) is 1. The van der Waals surface area contributed by atoms with E-state index in [1.54, 1.807) is 0 Å². The number of halogens is 1. The quantitative estimate of drug-likeness (QED) is 0.225. The van der Waals surface area contributed by atoms with Gasteiger partial charge in [0, 0.05) is 32.5 Å². The lowest BCUT2D eigenvalue weighted by Crippen LogP contribution is -1.99. The van der Waals surface area contributed by atoms with Gasteiger partial charge < -0.3 is 15.5 Å². The summed E-state index contributed by atoms with van der Waals surface area (Å²) in [4.78, 5) is 8.39. The molecule has 0 radical (unpaired) electrons. The fraction of sp³-hybridized carbons (Fsp3) is 0.179. The van der Waals surface area contributed by atoms with Crippen LogP contribution < -0.4 is 10.5 Å². The number of nitrogens with zero attached hydrogens (tertiary/aromatic N) is 1. The zero-order chi connectivity index (χ0) is 22.6. The van der Waals surface area contributed by atoms with Gasteiger partial charge in [-0.1, -0.05) is 52.3 Å². The van der Waals surface area contributed by atoms with Crippen molar-refractivity contribution in [2.75, 3.05) is 6.54 Å². The van der Waals surface area contributed by atoms with Gasteiger partial charge in [-0.3, -0.25) is 4.98 Å². The summed E-state index contributed by atoms with van der Waals surface area (Å²) in [6, 6.07) is 24.9. The largest absolute Gasteiger partial charge is 0.489 e. The molecular weight excluding hydrogens is 474 g/mol. The predicted molar refractivity (Wildman–Crippen MR) is 140 cm³/mol. The third-order valence-electron chi connectivity index (χ3n) is 5.99. The molecule has 4 nitrogen and oxygen atoms in total. The number of nitrogens with two attached hydrogens (primary N) is 1. The Bertz CT molecular complexity index is 1390. The van der Waals surface area contributed by atoms with Crippen molar-refractivity contribution in [1.29, 1.82) is 0 Å². The third kappa shape index (κ3) is 4.52. The molecule has 0 aliphatic heterocycles. The fourth-order valence-electron chi connectivity index (χ4n) is 4.33. The Balaban J connectivity index is 1.58. The first-order chi connectivity index (χ1) is 16.2. The van der Waals surface area contributed by atoms with Crippen molar-refractivity contribution >= 4 is 37.7 Å². The predicted octanol–water partition coefficient (Wildman–Crippen LogP) is 7.01. The molecule has 3 aromatic carbocycles. The average Bonchev–Trinajstić information content (AvgIpc) is 3.21. The topological polar surface area (TPSA) is 63.9 Å². The normalized spacial score (nSPS) is 11.3. The van der Waals surface area contributed by atoms with Gasteiger partial charge in [-0.05, 0) is 73.3 Å². The van der Waals surface area contributed by atoms with Crippen LogP contribution in [0.15, 0.2) is 83.5 Å². The van der Waals surface area contributed by atoms with Gasteiger partial charge in [0.2, 0.25) is 0 Å². The van der Waals surface area contributed by atoms with E-state index < -0.39 is 0 Å². The molecule has 5 aromatic rings. The standard InChI is InChI=1S/C28H26BrN3O/c29-25-13-12-23(27-22(25)10-6-16-31-27)28-21(9-4-5-15-30)24-17-20(11-14-26(24)32-28)33-18-19-7-2-1-3-8-19/h1-3,6-8,10-14,16-17,32H,4-5,9,15,18,30H2. The van der Waals surface area contributed by atoms with Gasteiger partial charge in [0.1, 0.15) is 12.4 Å². The van der Waals surface area contributed by atoms with Crippen LogP contribution in [-0.4, -0.2) is 16.5 Å². The minimum atomic E-state index is 0.549. The lowest BCUT2D eigenvalue weighted by molar-refractivity contribution is 0.306. The summed E-state index contributed by atoms with van der Waals surface area (Å²) in [6.45, 7) is 1.25. The summed E-state index contributed by atoms with van der Waals surface area (Å²) < 4.78 is 7.18. The molecular formula is C28H26BrN3O. The minimum absolute atomic E-state index is 0.549. The van der Waals surface area contributed by atoms with Crippen LogP contribution in [0.4, 0.5) is 0 Å². The van der Waals surface area contributed by atoms with Crippen molar-refractivity contribution in [3.8, 4) is 17.0 Å². The highest BCUT2D eigenvalue weighted by molar-refractivity contribution is 9.10. The van der Waals surface area contributed by atoms with Gasteiger partial charge in [0.05, 0.1) is 11.2 Å². The molecule has 166 valence electrons. The van der Waals surface area contributed by atoms with Crippen LogP contribution in [0.3, 0.4) is 0 Å². The number of aromatic amines is 1. The van der Waals surface area contributed by atoms with Crippen LogP contribution in [0.25, 0.3) is 33.1 Å². The molecule has 5 heteroatoms. The number of aromatic nitrogens is 2. The smallest absolute Gasteiger partial charge is 0.120 e. The summed E-state index contributed by atoms with van der Waals surface area (Å²) >= 11 is 3.67. The number of unbranched alkanes of at least 4 members (excludes halogenated alkanes) is 1. The number of fused-ring (bicyclic) bond motifs is 2. The number of hydrogen-bond donors (Lipinski definition) is 2. The first kappa shape index (κ1) is 21.7. The zero-order valence-corrected chi connectivity index (χ0v) is 19.9. The summed E-state index contributed by atoms with van der Waals surface area (Å²) in [5, 5.41) is 2.30. The lowest BCUT2D eigenvalue weighted by Gasteiger charge is -2.10. The molecule has 3 N–H and O–H groups in total. The van der Waals surface area contributed by atoms with Crippen molar-refractivity contribution in [3.05, 3.63) is 94.6 Å². The van der Waals surface area contributed by atoms with Crippen molar-refractivity contribution in [3.63, 3.8) is 0 Å². The number of hydrogen-bond acceptors (Lipinski definition) is 3. The van der Waals surface area contributed by atoms with Crippen molar-refractivity contribution < 1.29 is 4.74 Å². The maximum atomic E-state index is 6.13. The molecule has 2 aromatic heterocycles. The highest BCUT2D eigenvalue weighted by Crippen LogP contribution is 2.38. The van der Waals surface area contributed by atoms with Crippen molar-refractivity contribution in [2.45, 2.75) is 25.9 Å². The Morgan fingerprint density at radius 2 is 1.79 bits per heavy atom. The van der Waals surface area contributed by atoms with Crippen molar-refractivity contribution in [1.82, 2.24) is 9.97 Å². The molecule has 0 amide bonds.